The van der Waals surface area contributed by atoms with E-state index in [4.69, 9.17) is 5.11 Å². The van der Waals surface area contributed by atoms with Gasteiger partial charge in [0.1, 0.15) is 0 Å². The summed E-state index contributed by atoms with van der Waals surface area (Å²) in [5, 5.41) is 9.08. The number of nitrogens with zero attached hydrogens (tertiary/aromatic N) is 2. The summed E-state index contributed by atoms with van der Waals surface area (Å²) in [7, 11) is 0. The van der Waals surface area contributed by atoms with E-state index in [-0.39, 0.29) is 23.2 Å². The summed E-state index contributed by atoms with van der Waals surface area (Å²) >= 11 is 0. The minimum Gasteiger partial charge on any atom is -0.478 e. The molecule has 5 heteroatoms. The molecule has 1 N–H and O–H groups in total. The molecule has 1 heterocycles. The van der Waals surface area contributed by atoms with Gasteiger partial charge in [-0.3, -0.25) is 4.57 Å². The highest BCUT2D eigenvalue weighted by Gasteiger charge is 2.27. The zero-order valence-corrected chi connectivity index (χ0v) is 9.30. The molecule has 0 unspecified atom stereocenters. The summed E-state index contributed by atoms with van der Waals surface area (Å²) in [5.41, 5.74) is 0.173. The summed E-state index contributed by atoms with van der Waals surface area (Å²) in [6, 6.07) is 0.152. The van der Waals surface area contributed by atoms with Crippen LogP contribution in [0.2, 0.25) is 0 Å². The monoisotopic (exact) mass is 222 g/mol. The van der Waals surface area contributed by atoms with Crippen molar-refractivity contribution in [2.24, 2.45) is 0 Å². The van der Waals surface area contributed by atoms with Crippen LogP contribution in [-0.4, -0.2) is 20.6 Å². The highest BCUT2D eigenvalue weighted by Crippen LogP contribution is 2.33. The molecule has 16 heavy (non-hydrogen) atoms. The number of aromatic carboxylic acids is 1. The lowest BCUT2D eigenvalue weighted by atomic mass is 10.1. The van der Waals surface area contributed by atoms with Crippen molar-refractivity contribution in [3.8, 4) is 0 Å². The van der Waals surface area contributed by atoms with Gasteiger partial charge in [-0.15, -0.1) is 0 Å². The molecule has 0 atom stereocenters. The first-order valence-electron chi connectivity index (χ1n) is 5.37. The maximum absolute atomic E-state index is 11.7. The van der Waals surface area contributed by atoms with E-state index >= 15 is 0 Å². The van der Waals surface area contributed by atoms with Crippen LogP contribution < -0.4 is 5.69 Å². The lowest BCUT2D eigenvalue weighted by Crippen LogP contribution is -2.26. The second kappa shape index (κ2) is 3.73. The molecule has 0 aliphatic heterocycles. The van der Waals surface area contributed by atoms with Crippen LogP contribution in [0.3, 0.4) is 0 Å². The third kappa shape index (κ3) is 1.85. The normalized spacial score (nSPS) is 15.4. The van der Waals surface area contributed by atoms with E-state index in [1.54, 1.807) is 0 Å². The van der Waals surface area contributed by atoms with Crippen molar-refractivity contribution < 1.29 is 9.90 Å². The molecule has 0 saturated heterocycles. The molecule has 5 nitrogen and oxygen atoms in total. The fourth-order valence-electron chi connectivity index (χ4n) is 1.70. The maximum atomic E-state index is 11.7. The molecule has 0 amide bonds. The number of hydrogen-bond acceptors (Lipinski definition) is 3. The molecule has 1 aliphatic carbocycles. The van der Waals surface area contributed by atoms with Crippen LogP contribution in [0.1, 0.15) is 54.7 Å². The van der Waals surface area contributed by atoms with Gasteiger partial charge in [-0.2, -0.15) is 4.98 Å². The molecule has 1 aromatic rings. The van der Waals surface area contributed by atoms with E-state index in [1.165, 1.54) is 10.8 Å². The molecule has 1 aliphatic rings. The first-order valence-corrected chi connectivity index (χ1v) is 5.37. The minimum atomic E-state index is -1.02. The smallest absolute Gasteiger partial charge is 0.348 e. The van der Waals surface area contributed by atoms with E-state index in [0.29, 0.717) is 5.69 Å². The molecule has 0 bridgehead atoms. The maximum Gasteiger partial charge on any atom is 0.348 e. The van der Waals surface area contributed by atoms with Crippen LogP contribution in [0.5, 0.6) is 0 Å². The summed E-state index contributed by atoms with van der Waals surface area (Å²) in [6.07, 6.45) is 3.30. The van der Waals surface area contributed by atoms with Gasteiger partial charge in [0, 0.05) is 12.2 Å². The van der Waals surface area contributed by atoms with E-state index in [0.717, 1.165) is 12.8 Å². The van der Waals surface area contributed by atoms with E-state index < -0.39 is 5.97 Å². The standard InChI is InChI=1S/C11H14N2O3/c1-6(2)9-8(10(14)15)5-13(7-3-4-7)11(16)12-9/h5-7H,3-4H2,1-2H3,(H,14,15). The number of carboxylic acid groups (broad SMARTS) is 1. The van der Waals surface area contributed by atoms with E-state index in [2.05, 4.69) is 4.98 Å². The van der Waals surface area contributed by atoms with Crippen LogP contribution >= 0.6 is 0 Å². The van der Waals surface area contributed by atoms with Crippen molar-refractivity contribution >= 4 is 5.97 Å². The second-order valence-electron chi connectivity index (χ2n) is 4.42. The predicted octanol–water partition coefficient (Wildman–Crippen LogP) is 1.40. The summed E-state index contributed by atoms with van der Waals surface area (Å²) in [5.74, 6) is -1.08. The topological polar surface area (TPSA) is 72.2 Å². The fraction of sp³-hybridized carbons (Fsp3) is 0.545. The Balaban J connectivity index is 2.58. The van der Waals surface area contributed by atoms with Gasteiger partial charge >= 0.3 is 11.7 Å². The first-order chi connectivity index (χ1) is 7.50. The van der Waals surface area contributed by atoms with Crippen molar-refractivity contribution in [1.29, 1.82) is 0 Å². The van der Waals surface area contributed by atoms with Gasteiger partial charge in [0.2, 0.25) is 0 Å². The highest BCUT2D eigenvalue weighted by atomic mass is 16.4. The third-order valence-electron chi connectivity index (χ3n) is 2.70. The Morgan fingerprint density at radius 1 is 1.56 bits per heavy atom. The lowest BCUT2D eigenvalue weighted by molar-refractivity contribution is 0.0693. The number of rotatable bonds is 3. The number of hydrogen-bond donors (Lipinski definition) is 1. The van der Waals surface area contributed by atoms with Gasteiger partial charge in [-0.05, 0) is 18.8 Å². The molecule has 86 valence electrons. The largest absolute Gasteiger partial charge is 0.478 e. The fourth-order valence-corrected chi connectivity index (χ4v) is 1.70. The molecule has 0 radical (unpaired) electrons. The van der Waals surface area contributed by atoms with Crippen LogP contribution in [0.4, 0.5) is 0 Å². The van der Waals surface area contributed by atoms with Gasteiger partial charge in [-0.25, -0.2) is 9.59 Å². The molecule has 1 aromatic heterocycles. The molecule has 1 saturated carbocycles. The summed E-state index contributed by atoms with van der Waals surface area (Å²) in [6.45, 7) is 3.66. The van der Waals surface area contributed by atoms with Gasteiger partial charge in [-0.1, -0.05) is 13.8 Å². The van der Waals surface area contributed by atoms with Crippen LogP contribution in [0.15, 0.2) is 11.0 Å². The zero-order chi connectivity index (χ0) is 11.9. The number of aromatic nitrogens is 2. The molecule has 0 spiro atoms. The van der Waals surface area contributed by atoms with E-state index in [1.807, 2.05) is 13.8 Å². The molecular weight excluding hydrogens is 208 g/mol. The lowest BCUT2D eigenvalue weighted by Gasteiger charge is -2.10. The van der Waals surface area contributed by atoms with Crippen molar-refractivity contribution in [2.45, 2.75) is 38.6 Å². The van der Waals surface area contributed by atoms with E-state index in [9.17, 15) is 9.59 Å². The molecule has 0 aromatic carbocycles. The first kappa shape index (κ1) is 10.9. The zero-order valence-electron chi connectivity index (χ0n) is 9.30. The Morgan fingerprint density at radius 2 is 2.19 bits per heavy atom. The van der Waals surface area contributed by atoms with Gasteiger partial charge < -0.3 is 5.11 Å². The highest BCUT2D eigenvalue weighted by molar-refractivity contribution is 5.88. The van der Waals surface area contributed by atoms with Gasteiger partial charge in [0.25, 0.3) is 0 Å². The van der Waals surface area contributed by atoms with Crippen LogP contribution in [0, 0.1) is 0 Å². The Kier molecular flexibility index (Phi) is 2.53. The Hall–Kier alpha value is -1.65. The van der Waals surface area contributed by atoms with Crippen molar-refractivity contribution in [2.75, 3.05) is 0 Å². The van der Waals surface area contributed by atoms with Gasteiger partial charge in [0.15, 0.2) is 0 Å². The molecular formula is C11H14N2O3. The summed E-state index contributed by atoms with van der Waals surface area (Å²) < 4.78 is 1.44. The molecule has 2 rings (SSSR count). The van der Waals surface area contributed by atoms with Gasteiger partial charge in [0.05, 0.1) is 11.3 Å². The Morgan fingerprint density at radius 3 is 2.62 bits per heavy atom. The van der Waals surface area contributed by atoms with Crippen molar-refractivity contribution in [3.05, 3.63) is 27.9 Å². The third-order valence-corrected chi connectivity index (χ3v) is 2.70. The predicted molar refractivity (Wildman–Crippen MR) is 57.8 cm³/mol. The average Bonchev–Trinajstić information content (AvgIpc) is 3.00. The number of carboxylic acids is 1. The van der Waals surface area contributed by atoms with Crippen molar-refractivity contribution in [3.63, 3.8) is 0 Å². The van der Waals surface area contributed by atoms with Crippen LogP contribution in [0.25, 0.3) is 0 Å². The average molecular weight is 222 g/mol. The SMILES string of the molecule is CC(C)c1nc(=O)n(C2CC2)cc1C(=O)O. The minimum absolute atomic E-state index is 0.0624. The number of carbonyl (C=O) groups is 1. The Bertz CT molecular complexity index is 486. The summed E-state index contributed by atoms with van der Waals surface area (Å²) in [4.78, 5) is 26.6. The second-order valence-corrected chi connectivity index (χ2v) is 4.42. The van der Waals surface area contributed by atoms with Crippen LogP contribution in [-0.2, 0) is 0 Å². The van der Waals surface area contributed by atoms with Crippen molar-refractivity contribution in [1.82, 2.24) is 9.55 Å². The Labute approximate surface area is 92.7 Å². The molecule has 1 fully saturated rings. The quantitative estimate of drug-likeness (QED) is 0.839.